The molecule has 154 valence electrons. The average molecular weight is 445 g/mol. The van der Waals surface area contributed by atoms with Crippen molar-refractivity contribution in [2.45, 2.75) is 30.4 Å². The number of thioether (sulfide) groups is 1. The maximum absolute atomic E-state index is 13.0. The molecule has 1 aliphatic rings. The molecule has 0 N–H and O–H groups in total. The summed E-state index contributed by atoms with van der Waals surface area (Å²) in [4.78, 5) is 32.6. The predicted molar refractivity (Wildman–Crippen MR) is 128 cm³/mol. The number of fused-ring (bicyclic) bond motifs is 1. The summed E-state index contributed by atoms with van der Waals surface area (Å²) in [7, 11) is 0. The number of carbonyl (C=O) groups is 2. The molecule has 1 atom stereocenters. The Morgan fingerprint density at radius 3 is 2.39 bits per heavy atom. The van der Waals surface area contributed by atoms with Crippen molar-refractivity contribution in [2.24, 2.45) is 0 Å². The molecule has 1 aliphatic heterocycles. The third-order valence-corrected chi connectivity index (χ3v) is 7.59. The number of amides is 2. The van der Waals surface area contributed by atoms with Crippen LogP contribution in [0.1, 0.15) is 17.5 Å². The highest BCUT2D eigenvalue weighted by Crippen LogP contribution is 2.36. The third-order valence-electron chi connectivity index (χ3n) is 5.32. The zero-order valence-electron chi connectivity index (χ0n) is 17.2. The van der Waals surface area contributed by atoms with E-state index in [1.54, 1.807) is 11.3 Å². The number of imide groups is 1. The zero-order chi connectivity index (χ0) is 21.5. The van der Waals surface area contributed by atoms with Crippen molar-refractivity contribution in [1.29, 1.82) is 0 Å². The van der Waals surface area contributed by atoms with Crippen molar-refractivity contribution >= 4 is 50.8 Å². The van der Waals surface area contributed by atoms with Gasteiger partial charge < -0.3 is 0 Å². The maximum atomic E-state index is 13.0. The molecule has 5 rings (SSSR count). The van der Waals surface area contributed by atoms with E-state index in [0.717, 1.165) is 25.7 Å². The number of thiazole rings is 1. The molecule has 1 unspecified atom stereocenters. The van der Waals surface area contributed by atoms with E-state index in [0.29, 0.717) is 5.69 Å². The fourth-order valence-corrected chi connectivity index (χ4v) is 5.78. The van der Waals surface area contributed by atoms with E-state index < -0.39 is 0 Å². The first-order chi connectivity index (χ1) is 15.0. The molecule has 1 fully saturated rings. The Morgan fingerprint density at radius 2 is 1.65 bits per heavy atom. The first-order valence-corrected chi connectivity index (χ1v) is 11.8. The molecule has 1 saturated heterocycles. The molecule has 3 aromatic carbocycles. The number of benzene rings is 3. The van der Waals surface area contributed by atoms with Crippen LogP contribution in [0.25, 0.3) is 20.8 Å². The van der Waals surface area contributed by atoms with E-state index in [9.17, 15) is 9.59 Å². The van der Waals surface area contributed by atoms with Crippen molar-refractivity contribution in [2.75, 3.05) is 4.90 Å². The van der Waals surface area contributed by atoms with Crippen LogP contribution < -0.4 is 4.90 Å². The molecule has 0 saturated carbocycles. The number of anilines is 1. The van der Waals surface area contributed by atoms with E-state index in [-0.39, 0.29) is 23.5 Å². The lowest BCUT2D eigenvalue weighted by molar-refractivity contribution is -0.121. The lowest BCUT2D eigenvalue weighted by Crippen LogP contribution is -2.31. The summed E-state index contributed by atoms with van der Waals surface area (Å²) >= 11 is 3.10. The van der Waals surface area contributed by atoms with E-state index in [1.807, 2.05) is 61.5 Å². The van der Waals surface area contributed by atoms with E-state index in [1.165, 1.54) is 27.8 Å². The number of hydrogen-bond donors (Lipinski definition) is 0. The van der Waals surface area contributed by atoms with Crippen LogP contribution in [-0.2, 0) is 9.59 Å². The van der Waals surface area contributed by atoms with Crippen LogP contribution in [0.15, 0.2) is 71.6 Å². The van der Waals surface area contributed by atoms with Gasteiger partial charge in [0.2, 0.25) is 11.8 Å². The molecule has 1 aromatic heterocycles. The summed E-state index contributed by atoms with van der Waals surface area (Å²) in [5.41, 5.74) is 4.95. The second-order valence-corrected chi connectivity index (χ2v) is 10.0. The molecular formula is C25H20N2O2S2. The van der Waals surface area contributed by atoms with E-state index in [4.69, 9.17) is 4.98 Å². The van der Waals surface area contributed by atoms with E-state index in [2.05, 4.69) is 19.1 Å². The van der Waals surface area contributed by atoms with Crippen LogP contribution in [-0.4, -0.2) is 22.0 Å². The Labute approximate surface area is 188 Å². The van der Waals surface area contributed by atoms with Crippen LogP contribution in [0.5, 0.6) is 0 Å². The van der Waals surface area contributed by atoms with Gasteiger partial charge in [0.15, 0.2) is 0 Å². The van der Waals surface area contributed by atoms with Gasteiger partial charge in [0.1, 0.15) is 5.01 Å². The highest BCUT2D eigenvalue weighted by Gasteiger charge is 2.40. The minimum atomic E-state index is -0.387. The summed E-state index contributed by atoms with van der Waals surface area (Å²) < 4.78 is 1.15. The van der Waals surface area contributed by atoms with Crippen LogP contribution in [0.2, 0.25) is 0 Å². The standard InChI is InChI=1S/C25H20N2O2S2/c1-15-3-10-19(11-4-15)30-22-14-23(28)27(25(22)29)18-8-6-17(7-9-18)24-26-20-12-5-16(2)13-21(20)31-24/h3-13,22H,14H2,1-2H3. The number of aryl methyl sites for hydroxylation is 2. The molecular weight excluding hydrogens is 424 g/mol. The van der Waals surface area contributed by atoms with Gasteiger partial charge in [0, 0.05) is 16.9 Å². The first kappa shape index (κ1) is 20.0. The van der Waals surface area contributed by atoms with Crippen LogP contribution in [0, 0.1) is 13.8 Å². The topological polar surface area (TPSA) is 50.3 Å². The number of aromatic nitrogens is 1. The van der Waals surface area contributed by atoms with Gasteiger partial charge >= 0.3 is 0 Å². The normalized spacial score (nSPS) is 16.5. The highest BCUT2D eigenvalue weighted by molar-refractivity contribution is 8.00. The van der Waals surface area contributed by atoms with Crippen molar-refractivity contribution < 1.29 is 9.59 Å². The molecule has 0 aliphatic carbocycles. The lowest BCUT2D eigenvalue weighted by atomic mass is 10.2. The number of carbonyl (C=O) groups excluding carboxylic acids is 2. The Kier molecular flexibility index (Phi) is 5.12. The largest absolute Gasteiger partial charge is 0.274 e. The maximum Gasteiger partial charge on any atom is 0.247 e. The smallest absolute Gasteiger partial charge is 0.247 e. The van der Waals surface area contributed by atoms with Gasteiger partial charge in [-0.2, -0.15) is 0 Å². The predicted octanol–water partition coefficient (Wildman–Crippen LogP) is 6.00. The summed E-state index contributed by atoms with van der Waals surface area (Å²) in [6, 6.07) is 21.8. The van der Waals surface area contributed by atoms with Crippen molar-refractivity contribution in [3.8, 4) is 10.6 Å². The van der Waals surface area contributed by atoms with Gasteiger partial charge in [0.25, 0.3) is 0 Å². The Morgan fingerprint density at radius 1 is 0.935 bits per heavy atom. The van der Waals surface area contributed by atoms with Gasteiger partial charge in [-0.05, 0) is 67.9 Å². The third kappa shape index (κ3) is 3.89. The van der Waals surface area contributed by atoms with Crippen LogP contribution in [0.4, 0.5) is 5.69 Å². The Hall–Kier alpha value is -2.96. The summed E-state index contributed by atoms with van der Waals surface area (Å²) in [6.07, 6.45) is 0.219. The van der Waals surface area contributed by atoms with Gasteiger partial charge in [-0.15, -0.1) is 23.1 Å². The Bertz CT molecular complexity index is 1290. The van der Waals surface area contributed by atoms with Crippen LogP contribution in [0.3, 0.4) is 0 Å². The fraction of sp³-hybridized carbons (Fsp3) is 0.160. The Balaban J connectivity index is 1.36. The fourth-order valence-electron chi connectivity index (χ4n) is 3.66. The quantitative estimate of drug-likeness (QED) is 0.362. The zero-order valence-corrected chi connectivity index (χ0v) is 18.8. The molecule has 2 amide bonds. The number of nitrogens with zero attached hydrogens (tertiary/aromatic N) is 2. The lowest BCUT2D eigenvalue weighted by Gasteiger charge is -2.15. The van der Waals surface area contributed by atoms with Crippen molar-refractivity contribution in [1.82, 2.24) is 4.98 Å². The second kappa shape index (κ2) is 7.94. The van der Waals surface area contributed by atoms with Gasteiger partial charge in [-0.1, -0.05) is 23.8 Å². The molecule has 0 spiro atoms. The molecule has 6 heteroatoms. The second-order valence-electron chi connectivity index (χ2n) is 7.73. The van der Waals surface area contributed by atoms with Gasteiger partial charge in [-0.3, -0.25) is 9.59 Å². The first-order valence-electron chi connectivity index (χ1n) is 10.1. The minimum Gasteiger partial charge on any atom is -0.274 e. The molecule has 4 aromatic rings. The van der Waals surface area contributed by atoms with E-state index >= 15 is 0 Å². The molecule has 2 heterocycles. The average Bonchev–Trinajstić information content (AvgIpc) is 3.30. The van der Waals surface area contributed by atoms with Crippen molar-refractivity contribution in [3.05, 3.63) is 77.9 Å². The number of rotatable bonds is 4. The summed E-state index contributed by atoms with van der Waals surface area (Å²) in [5, 5.41) is 0.543. The molecule has 31 heavy (non-hydrogen) atoms. The van der Waals surface area contributed by atoms with Crippen molar-refractivity contribution in [3.63, 3.8) is 0 Å². The number of hydrogen-bond acceptors (Lipinski definition) is 5. The highest BCUT2D eigenvalue weighted by atomic mass is 32.2. The summed E-state index contributed by atoms with van der Waals surface area (Å²) in [5.74, 6) is -0.309. The molecule has 0 radical (unpaired) electrons. The summed E-state index contributed by atoms with van der Waals surface area (Å²) in [6.45, 7) is 4.10. The van der Waals surface area contributed by atoms with Crippen LogP contribution >= 0.6 is 23.1 Å². The molecule has 4 nitrogen and oxygen atoms in total. The monoisotopic (exact) mass is 444 g/mol. The SMILES string of the molecule is Cc1ccc(SC2CC(=O)N(c3ccc(-c4nc5ccc(C)cc5s4)cc3)C2=O)cc1. The molecule has 0 bridgehead atoms. The minimum absolute atomic E-state index is 0.154. The van der Waals surface area contributed by atoms with Gasteiger partial charge in [0.05, 0.1) is 21.2 Å². The van der Waals surface area contributed by atoms with Gasteiger partial charge in [-0.25, -0.2) is 9.88 Å².